The van der Waals surface area contributed by atoms with Crippen molar-refractivity contribution >= 4 is 5.91 Å². The van der Waals surface area contributed by atoms with Gasteiger partial charge < -0.3 is 15.2 Å². The number of rotatable bonds is 8. The number of nitrogens with zero attached hydrogens (tertiary/aromatic N) is 1. The molecule has 0 saturated carbocycles. The Bertz CT molecular complexity index is 447. The minimum atomic E-state index is -0.214. The van der Waals surface area contributed by atoms with E-state index in [9.17, 15) is 4.79 Å². The maximum absolute atomic E-state index is 12.4. The summed E-state index contributed by atoms with van der Waals surface area (Å²) >= 11 is 0. The highest BCUT2D eigenvalue weighted by Crippen LogP contribution is 2.16. The Morgan fingerprint density at radius 3 is 2.67 bits per heavy atom. The number of aromatic nitrogens is 1. The van der Waals surface area contributed by atoms with E-state index in [1.54, 1.807) is 18.3 Å². The van der Waals surface area contributed by atoms with Gasteiger partial charge in [0.2, 0.25) is 5.88 Å². The summed E-state index contributed by atoms with van der Waals surface area (Å²) < 4.78 is 5.60. The number of nitrogens with one attached hydrogen (secondary N) is 1. The summed E-state index contributed by atoms with van der Waals surface area (Å²) in [4.78, 5) is 16.5. The smallest absolute Gasteiger partial charge is 0.256 e. The predicted molar refractivity (Wildman–Crippen MR) is 82.4 cm³/mol. The van der Waals surface area contributed by atoms with Crippen molar-refractivity contribution in [1.82, 2.24) is 10.3 Å². The maximum atomic E-state index is 12.4. The number of pyridine rings is 1. The van der Waals surface area contributed by atoms with E-state index in [0.717, 1.165) is 0 Å². The first-order valence-electron chi connectivity index (χ1n) is 7.45. The van der Waals surface area contributed by atoms with Crippen molar-refractivity contribution in [3.63, 3.8) is 0 Å². The van der Waals surface area contributed by atoms with Crippen LogP contribution in [0, 0.1) is 11.8 Å². The minimum absolute atomic E-state index is 0.0485. The number of amides is 1. The highest BCUT2D eigenvalue weighted by molar-refractivity contribution is 5.96. The van der Waals surface area contributed by atoms with Crippen LogP contribution in [0.4, 0.5) is 0 Å². The van der Waals surface area contributed by atoms with E-state index < -0.39 is 0 Å². The van der Waals surface area contributed by atoms with Gasteiger partial charge in [-0.15, -0.1) is 0 Å². The first-order chi connectivity index (χ1) is 9.95. The molecule has 1 aromatic heterocycles. The fraction of sp³-hybridized carbons (Fsp3) is 0.625. The molecule has 0 aliphatic rings. The molecule has 1 unspecified atom stereocenters. The van der Waals surface area contributed by atoms with Crippen molar-refractivity contribution in [2.45, 2.75) is 40.2 Å². The zero-order valence-electron chi connectivity index (χ0n) is 13.3. The van der Waals surface area contributed by atoms with Crippen LogP contribution in [0.5, 0.6) is 5.88 Å². The summed E-state index contributed by atoms with van der Waals surface area (Å²) in [6.07, 6.45) is 2.14. The molecule has 0 aromatic carbocycles. The van der Waals surface area contributed by atoms with Gasteiger partial charge in [0.25, 0.3) is 5.91 Å². The van der Waals surface area contributed by atoms with E-state index in [1.165, 1.54) is 0 Å². The van der Waals surface area contributed by atoms with Crippen molar-refractivity contribution in [1.29, 1.82) is 0 Å². The van der Waals surface area contributed by atoms with Gasteiger partial charge in [-0.05, 0) is 30.4 Å². The molecule has 1 aromatic rings. The lowest BCUT2D eigenvalue weighted by molar-refractivity contribution is 0.0910. The molecule has 0 aliphatic carbocycles. The van der Waals surface area contributed by atoms with Gasteiger partial charge in [0.1, 0.15) is 5.56 Å². The third-order valence-corrected chi connectivity index (χ3v) is 3.13. The van der Waals surface area contributed by atoms with Gasteiger partial charge in [-0.3, -0.25) is 4.79 Å². The summed E-state index contributed by atoms with van der Waals surface area (Å²) in [7, 11) is 0. The van der Waals surface area contributed by atoms with E-state index in [4.69, 9.17) is 9.84 Å². The molecule has 1 amide bonds. The number of carbonyl (C=O) groups is 1. The van der Waals surface area contributed by atoms with E-state index in [-0.39, 0.29) is 24.5 Å². The Morgan fingerprint density at radius 2 is 2.10 bits per heavy atom. The fourth-order valence-electron chi connectivity index (χ4n) is 1.88. The molecular formula is C16H26N2O3. The van der Waals surface area contributed by atoms with E-state index >= 15 is 0 Å². The lowest BCUT2D eigenvalue weighted by Gasteiger charge is -2.22. The second-order valence-electron chi connectivity index (χ2n) is 5.90. The van der Waals surface area contributed by atoms with Crippen LogP contribution in [-0.2, 0) is 0 Å². The second kappa shape index (κ2) is 8.62. The molecular weight excluding hydrogens is 268 g/mol. The van der Waals surface area contributed by atoms with Crippen LogP contribution in [0.1, 0.15) is 44.5 Å². The first-order valence-corrected chi connectivity index (χ1v) is 7.45. The van der Waals surface area contributed by atoms with Gasteiger partial charge in [-0.25, -0.2) is 4.98 Å². The van der Waals surface area contributed by atoms with Crippen LogP contribution in [0.2, 0.25) is 0 Å². The van der Waals surface area contributed by atoms with Crippen LogP contribution in [0.15, 0.2) is 18.3 Å². The van der Waals surface area contributed by atoms with Crippen molar-refractivity contribution in [3.05, 3.63) is 23.9 Å². The summed E-state index contributed by atoms with van der Waals surface area (Å²) in [6.45, 7) is 8.67. The highest BCUT2D eigenvalue weighted by Gasteiger charge is 2.20. The Balaban J connectivity index is 2.81. The van der Waals surface area contributed by atoms with Gasteiger partial charge in [0, 0.05) is 18.8 Å². The molecule has 0 aliphatic heterocycles. The zero-order valence-corrected chi connectivity index (χ0v) is 13.3. The fourth-order valence-corrected chi connectivity index (χ4v) is 1.88. The molecule has 0 radical (unpaired) electrons. The molecule has 0 bridgehead atoms. The third kappa shape index (κ3) is 5.71. The predicted octanol–water partition coefficient (Wildman–Crippen LogP) is 2.25. The van der Waals surface area contributed by atoms with Crippen LogP contribution in [0.25, 0.3) is 0 Å². The van der Waals surface area contributed by atoms with E-state index in [2.05, 4.69) is 10.3 Å². The summed E-state index contributed by atoms with van der Waals surface area (Å²) in [5, 5.41) is 12.0. The van der Waals surface area contributed by atoms with Crippen molar-refractivity contribution < 1.29 is 14.6 Å². The normalized spacial score (nSPS) is 12.5. The molecule has 0 saturated heterocycles. The van der Waals surface area contributed by atoms with E-state index in [1.807, 2.05) is 27.7 Å². The summed E-state index contributed by atoms with van der Waals surface area (Å²) in [6, 6.07) is 3.35. The Kier molecular flexibility index (Phi) is 7.15. The summed E-state index contributed by atoms with van der Waals surface area (Å²) in [5.41, 5.74) is 0.432. The van der Waals surface area contributed by atoms with Crippen LogP contribution < -0.4 is 10.1 Å². The number of ether oxygens (including phenoxy) is 1. The minimum Gasteiger partial charge on any atom is -0.477 e. The van der Waals surface area contributed by atoms with Gasteiger partial charge >= 0.3 is 0 Å². The number of aliphatic hydroxyl groups excluding tert-OH is 1. The van der Waals surface area contributed by atoms with Crippen molar-refractivity contribution in [2.24, 2.45) is 11.8 Å². The van der Waals surface area contributed by atoms with Gasteiger partial charge in [-0.1, -0.05) is 27.7 Å². The molecule has 1 heterocycles. The molecule has 5 heteroatoms. The molecule has 1 rings (SSSR count). The molecule has 1 atom stereocenters. The van der Waals surface area contributed by atoms with Crippen molar-refractivity contribution in [3.8, 4) is 5.88 Å². The lowest BCUT2D eigenvalue weighted by atomic mass is 10.0. The third-order valence-electron chi connectivity index (χ3n) is 3.13. The number of hydrogen-bond donors (Lipinski definition) is 2. The van der Waals surface area contributed by atoms with Crippen LogP contribution >= 0.6 is 0 Å². The van der Waals surface area contributed by atoms with Gasteiger partial charge in [-0.2, -0.15) is 0 Å². The number of carbonyl (C=O) groups excluding carboxylic acids is 1. The Morgan fingerprint density at radius 1 is 1.38 bits per heavy atom. The zero-order chi connectivity index (χ0) is 15.8. The number of aliphatic hydroxyl groups is 1. The largest absolute Gasteiger partial charge is 0.477 e. The average molecular weight is 294 g/mol. The average Bonchev–Trinajstić information content (AvgIpc) is 2.44. The molecule has 118 valence electrons. The van der Waals surface area contributed by atoms with Gasteiger partial charge in [0.15, 0.2) is 0 Å². The van der Waals surface area contributed by atoms with Crippen LogP contribution in [0.3, 0.4) is 0 Å². The Hall–Kier alpha value is -1.62. The summed E-state index contributed by atoms with van der Waals surface area (Å²) in [5.74, 6) is 0.753. The monoisotopic (exact) mass is 294 g/mol. The molecule has 5 nitrogen and oxygen atoms in total. The number of hydrogen-bond acceptors (Lipinski definition) is 4. The first kappa shape index (κ1) is 17.4. The van der Waals surface area contributed by atoms with Gasteiger partial charge in [0.05, 0.1) is 6.61 Å². The highest BCUT2D eigenvalue weighted by atomic mass is 16.5. The quantitative estimate of drug-likeness (QED) is 0.771. The SMILES string of the molecule is CC(C)COc1ncccc1C(=O)NC(CCO)C(C)C. The molecule has 21 heavy (non-hydrogen) atoms. The van der Waals surface area contributed by atoms with E-state index in [0.29, 0.717) is 30.4 Å². The lowest BCUT2D eigenvalue weighted by Crippen LogP contribution is -2.39. The van der Waals surface area contributed by atoms with Crippen LogP contribution in [-0.4, -0.2) is 35.3 Å². The standard InChI is InChI=1S/C16H26N2O3/c1-11(2)10-21-16-13(6-5-8-17-16)15(20)18-14(7-9-19)12(3)4/h5-6,8,11-12,14,19H,7,9-10H2,1-4H3,(H,18,20). The maximum Gasteiger partial charge on any atom is 0.256 e. The molecule has 0 fully saturated rings. The molecule has 2 N–H and O–H groups in total. The van der Waals surface area contributed by atoms with Crippen molar-refractivity contribution in [2.75, 3.05) is 13.2 Å². The molecule has 0 spiro atoms. The Labute approximate surface area is 126 Å². The topological polar surface area (TPSA) is 71.5 Å². The second-order valence-corrected chi connectivity index (χ2v) is 5.90.